The van der Waals surface area contributed by atoms with Gasteiger partial charge in [0.15, 0.2) is 0 Å². The summed E-state index contributed by atoms with van der Waals surface area (Å²) in [5.74, 6) is 0. The fourth-order valence-electron chi connectivity index (χ4n) is 5.37. The van der Waals surface area contributed by atoms with Gasteiger partial charge in [0.25, 0.3) is 0 Å². The lowest BCUT2D eigenvalue weighted by atomic mass is 9.65. The second kappa shape index (κ2) is 7.95. The molecule has 2 aliphatic carbocycles. The maximum absolute atomic E-state index is 4.51. The van der Waals surface area contributed by atoms with Gasteiger partial charge in [-0.15, -0.1) is 0 Å². The standard InChI is InChI=1S/C28H32/c1-4-15-28(16-5-2)19-21(3)27-18-25(13-14-26(27)20-28)24-12-11-23(17-24)22-9-7-6-8-10-22/h6-11,13-14,17-18H,3-5,12,15-16,19-20H2,1-2H3. The topological polar surface area (TPSA) is 0 Å². The Kier molecular flexibility index (Phi) is 5.40. The number of hydrogen-bond acceptors (Lipinski definition) is 0. The van der Waals surface area contributed by atoms with Gasteiger partial charge in [-0.2, -0.15) is 0 Å². The summed E-state index contributed by atoms with van der Waals surface area (Å²) in [5, 5.41) is 0. The predicted molar refractivity (Wildman–Crippen MR) is 123 cm³/mol. The van der Waals surface area contributed by atoms with E-state index in [-0.39, 0.29) is 0 Å². The van der Waals surface area contributed by atoms with E-state index in [1.807, 2.05) is 0 Å². The van der Waals surface area contributed by atoms with Gasteiger partial charge in [-0.25, -0.2) is 0 Å². The Morgan fingerprint density at radius 3 is 2.36 bits per heavy atom. The van der Waals surface area contributed by atoms with Crippen molar-refractivity contribution in [3.63, 3.8) is 0 Å². The first kappa shape index (κ1) is 19.0. The molecular formula is C28H32. The Bertz CT molecular complexity index is 918. The second-order valence-electron chi connectivity index (χ2n) is 8.73. The summed E-state index contributed by atoms with van der Waals surface area (Å²) < 4.78 is 0. The minimum Gasteiger partial charge on any atom is -0.0952 e. The molecule has 0 atom stereocenters. The molecule has 0 bridgehead atoms. The molecule has 4 rings (SSSR count). The molecule has 0 aromatic heterocycles. The van der Waals surface area contributed by atoms with Crippen molar-refractivity contribution >= 4 is 16.7 Å². The van der Waals surface area contributed by atoms with Gasteiger partial charge in [0.05, 0.1) is 0 Å². The van der Waals surface area contributed by atoms with E-state index in [2.05, 4.69) is 81.1 Å². The molecule has 144 valence electrons. The summed E-state index contributed by atoms with van der Waals surface area (Å²) in [6, 6.07) is 17.8. The van der Waals surface area contributed by atoms with Crippen molar-refractivity contribution in [2.75, 3.05) is 0 Å². The molecule has 0 nitrogen and oxygen atoms in total. The van der Waals surface area contributed by atoms with Crippen molar-refractivity contribution in [3.05, 3.63) is 89.5 Å². The number of fused-ring (bicyclic) bond motifs is 1. The fourth-order valence-corrected chi connectivity index (χ4v) is 5.37. The van der Waals surface area contributed by atoms with Crippen LogP contribution in [0.2, 0.25) is 0 Å². The number of rotatable bonds is 6. The largest absolute Gasteiger partial charge is 0.0952 e. The molecule has 0 heteroatoms. The third kappa shape index (κ3) is 3.65. The molecule has 0 amide bonds. The summed E-state index contributed by atoms with van der Waals surface area (Å²) in [5.41, 5.74) is 10.1. The van der Waals surface area contributed by atoms with Crippen LogP contribution in [0.4, 0.5) is 0 Å². The van der Waals surface area contributed by atoms with Crippen LogP contribution in [0.25, 0.3) is 16.7 Å². The van der Waals surface area contributed by atoms with E-state index in [9.17, 15) is 0 Å². The highest BCUT2D eigenvalue weighted by atomic mass is 14.4. The van der Waals surface area contributed by atoms with Crippen LogP contribution >= 0.6 is 0 Å². The highest BCUT2D eigenvalue weighted by Crippen LogP contribution is 2.47. The van der Waals surface area contributed by atoms with E-state index >= 15 is 0 Å². The lowest BCUT2D eigenvalue weighted by Gasteiger charge is -2.39. The molecule has 2 aromatic carbocycles. The molecular weight excluding hydrogens is 336 g/mol. The lowest BCUT2D eigenvalue weighted by molar-refractivity contribution is 0.233. The quantitative estimate of drug-likeness (QED) is 0.483. The zero-order valence-corrected chi connectivity index (χ0v) is 17.4. The Hall–Kier alpha value is -2.34. The van der Waals surface area contributed by atoms with Crippen LogP contribution in [-0.4, -0.2) is 0 Å². The van der Waals surface area contributed by atoms with Crippen molar-refractivity contribution in [2.45, 2.75) is 58.8 Å². The summed E-state index contributed by atoms with van der Waals surface area (Å²) in [7, 11) is 0. The highest BCUT2D eigenvalue weighted by molar-refractivity contribution is 5.90. The van der Waals surface area contributed by atoms with E-state index in [1.165, 1.54) is 71.1 Å². The summed E-state index contributed by atoms with van der Waals surface area (Å²) in [6.07, 6.45) is 13.3. The molecule has 0 aliphatic heterocycles. The van der Waals surface area contributed by atoms with Crippen LogP contribution in [-0.2, 0) is 6.42 Å². The van der Waals surface area contributed by atoms with E-state index in [4.69, 9.17) is 0 Å². The van der Waals surface area contributed by atoms with Gasteiger partial charge in [-0.1, -0.05) is 87.9 Å². The van der Waals surface area contributed by atoms with E-state index < -0.39 is 0 Å². The highest BCUT2D eigenvalue weighted by Gasteiger charge is 2.34. The minimum absolute atomic E-state index is 0.434. The SMILES string of the molecule is C=C1CC(CCC)(CCC)Cc2ccc(C3=CC(c4ccccc4)=CC3)cc21. The lowest BCUT2D eigenvalue weighted by Crippen LogP contribution is -2.28. The van der Waals surface area contributed by atoms with Crippen molar-refractivity contribution in [1.82, 2.24) is 0 Å². The van der Waals surface area contributed by atoms with Gasteiger partial charge < -0.3 is 0 Å². The smallest absolute Gasteiger partial charge is 0.00821 e. The van der Waals surface area contributed by atoms with Crippen molar-refractivity contribution < 1.29 is 0 Å². The van der Waals surface area contributed by atoms with Crippen LogP contribution in [0.5, 0.6) is 0 Å². The maximum atomic E-state index is 4.51. The average Bonchev–Trinajstić information content (AvgIpc) is 3.19. The first-order chi connectivity index (χ1) is 13.6. The fraction of sp³-hybridized carbons (Fsp3) is 0.357. The number of benzene rings is 2. The van der Waals surface area contributed by atoms with Crippen LogP contribution in [0.1, 0.15) is 74.6 Å². The van der Waals surface area contributed by atoms with Crippen molar-refractivity contribution in [1.29, 1.82) is 0 Å². The summed E-state index contributed by atoms with van der Waals surface area (Å²) >= 11 is 0. The zero-order chi connectivity index (χ0) is 19.6. The van der Waals surface area contributed by atoms with Gasteiger partial charge in [-0.05, 0) is 82.6 Å². The zero-order valence-electron chi connectivity index (χ0n) is 17.4. The van der Waals surface area contributed by atoms with E-state index in [0.29, 0.717) is 5.41 Å². The molecule has 0 spiro atoms. The molecule has 0 saturated carbocycles. The Morgan fingerprint density at radius 1 is 0.893 bits per heavy atom. The first-order valence-corrected chi connectivity index (χ1v) is 10.9. The molecule has 28 heavy (non-hydrogen) atoms. The molecule has 0 N–H and O–H groups in total. The van der Waals surface area contributed by atoms with Gasteiger partial charge in [0.2, 0.25) is 0 Å². The van der Waals surface area contributed by atoms with Gasteiger partial charge in [-0.3, -0.25) is 0 Å². The summed E-state index contributed by atoms with van der Waals surface area (Å²) in [4.78, 5) is 0. The Labute approximate surface area is 170 Å². The van der Waals surface area contributed by atoms with Gasteiger partial charge >= 0.3 is 0 Å². The van der Waals surface area contributed by atoms with Crippen molar-refractivity contribution in [3.8, 4) is 0 Å². The molecule has 0 unspecified atom stereocenters. The maximum Gasteiger partial charge on any atom is -0.00821 e. The molecule has 0 fully saturated rings. The number of allylic oxidation sites excluding steroid dienone is 5. The molecule has 2 aliphatic rings. The Balaban J connectivity index is 1.61. The van der Waals surface area contributed by atoms with E-state index in [1.54, 1.807) is 0 Å². The first-order valence-electron chi connectivity index (χ1n) is 10.9. The molecule has 0 heterocycles. The molecule has 2 aromatic rings. The van der Waals surface area contributed by atoms with Crippen LogP contribution < -0.4 is 0 Å². The normalized spacial score (nSPS) is 17.9. The van der Waals surface area contributed by atoms with Gasteiger partial charge in [0.1, 0.15) is 0 Å². The molecule has 0 saturated heterocycles. The Morgan fingerprint density at radius 2 is 1.64 bits per heavy atom. The summed E-state index contributed by atoms with van der Waals surface area (Å²) in [6.45, 7) is 9.16. The predicted octanol–water partition coefficient (Wildman–Crippen LogP) is 8.10. The third-order valence-electron chi connectivity index (χ3n) is 6.55. The average molecular weight is 369 g/mol. The number of hydrogen-bond donors (Lipinski definition) is 0. The van der Waals surface area contributed by atoms with Gasteiger partial charge in [0, 0.05) is 0 Å². The van der Waals surface area contributed by atoms with Crippen LogP contribution in [0.15, 0.2) is 67.3 Å². The van der Waals surface area contributed by atoms with Crippen LogP contribution in [0.3, 0.4) is 0 Å². The van der Waals surface area contributed by atoms with Crippen molar-refractivity contribution in [2.24, 2.45) is 5.41 Å². The third-order valence-corrected chi connectivity index (χ3v) is 6.55. The second-order valence-corrected chi connectivity index (χ2v) is 8.73. The monoisotopic (exact) mass is 368 g/mol. The minimum atomic E-state index is 0.434. The van der Waals surface area contributed by atoms with Crippen LogP contribution in [0, 0.1) is 5.41 Å². The molecule has 0 radical (unpaired) electrons. The van der Waals surface area contributed by atoms with E-state index in [0.717, 1.165) is 12.8 Å².